The summed E-state index contributed by atoms with van der Waals surface area (Å²) in [5.41, 5.74) is 1.90. The Kier molecular flexibility index (Phi) is 6.24. The Morgan fingerprint density at radius 1 is 1.04 bits per heavy atom. The molecule has 0 aromatic heterocycles. The zero-order chi connectivity index (χ0) is 17.5. The van der Waals surface area contributed by atoms with Gasteiger partial charge in [0.2, 0.25) is 0 Å². The van der Waals surface area contributed by atoms with Gasteiger partial charge in [0, 0.05) is 18.4 Å². The number of Topliss-reactive ketones (excluding diaryl/α,β-unsaturated/α-hetero) is 1. The molecule has 2 aromatic carbocycles. The van der Waals surface area contributed by atoms with E-state index in [4.69, 9.17) is 4.74 Å². The first-order chi connectivity index (χ1) is 12.3. The SMILES string of the molecule is CCCOc1ccc(C(=O)C(C[NH+]2CCCC2)c2ccccc2)cc1. The molecule has 0 saturated carbocycles. The molecule has 1 aliphatic rings. The molecule has 1 saturated heterocycles. The van der Waals surface area contributed by atoms with Crippen LogP contribution in [0.1, 0.15) is 48.0 Å². The van der Waals surface area contributed by atoms with Crippen LogP contribution >= 0.6 is 0 Å². The van der Waals surface area contributed by atoms with Crippen LogP contribution < -0.4 is 9.64 Å². The summed E-state index contributed by atoms with van der Waals surface area (Å²) in [5.74, 6) is 0.976. The number of carbonyl (C=O) groups excluding carboxylic acids is 1. The molecule has 1 aliphatic heterocycles. The topological polar surface area (TPSA) is 30.7 Å². The van der Waals surface area contributed by atoms with Crippen LogP contribution in [0.5, 0.6) is 5.75 Å². The molecule has 2 aromatic rings. The summed E-state index contributed by atoms with van der Waals surface area (Å²) in [6, 6.07) is 17.8. The number of ketones is 1. The fourth-order valence-corrected chi connectivity index (χ4v) is 3.55. The van der Waals surface area contributed by atoms with Crippen LogP contribution in [0.15, 0.2) is 54.6 Å². The largest absolute Gasteiger partial charge is 0.494 e. The molecule has 3 heteroatoms. The highest BCUT2D eigenvalue weighted by atomic mass is 16.5. The van der Waals surface area contributed by atoms with E-state index in [1.54, 1.807) is 4.90 Å². The molecule has 0 spiro atoms. The maximum absolute atomic E-state index is 13.2. The predicted octanol–water partition coefficient (Wildman–Crippen LogP) is 3.12. The predicted molar refractivity (Wildman–Crippen MR) is 101 cm³/mol. The van der Waals surface area contributed by atoms with Crippen LogP contribution in [0.25, 0.3) is 0 Å². The third-order valence-corrected chi connectivity index (χ3v) is 4.93. The van der Waals surface area contributed by atoms with Crippen molar-refractivity contribution < 1.29 is 14.4 Å². The molecule has 0 aliphatic carbocycles. The molecule has 25 heavy (non-hydrogen) atoms. The Balaban J connectivity index is 1.78. The second-order valence-corrected chi connectivity index (χ2v) is 6.86. The van der Waals surface area contributed by atoms with Gasteiger partial charge >= 0.3 is 0 Å². The van der Waals surface area contributed by atoms with E-state index in [0.717, 1.165) is 29.8 Å². The molecule has 0 amide bonds. The molecule has 1 unspecified atom stereocenters. The summed E-state index contributed by atoms with van der Waals surface area (Å²) < 4.78 is 5.63. The number of likely N-dealkylation sites (tertiary alicyclic amines) is 1. The first-order valence-electron chi connectivity index (χ1n) is 9.43. The van der Waals surface area contributed by atoms with Gasteiger partial charge in [0.15, 0.2) is 5.78 Å². The first-order valence-corrected chi connectivity index (χ1v) is 9.43. The highest BCUT2D eigenvalue weighted by Crippen LogP contribution is 2.22. The maximum Gasteiger partial charge on any atom is 0.175 e. The molecule has 0 radical (unpaired) electrons. The highest BCUT2D eigenvalue weighted by Gasteiger charge is 2.28. The van der Waals surface area contributed by atoms with Crippen LogP contribution in [-0.4, -0.2) is 32.0 Å². The summed E-state index contributed by atoms with van der Waals surface area (Å²) >= 11 is 0. The van der Waals surface area contributed by atoms with E-state index in [2.05, 4.69) is 19.1 Å². The van der Waals surface area contributed by atoms with E-state index in [1.807, 2.05) is 42.5 Å². The van der Waals surface area contributed by atoms with E-state index < -0.39 is 0 Å². The summed E-state index contributed by atoms with van der Waals surface area (Å²) in [4.78, 5) is 14.8. The number of hydrogen-bond acceptors (Lipinski definition) is 2. The minimum atomic E-state index is -0.0725. The molecule has 0 bridgehead atoms. The average Bonchev–Trinajstić information content (AvgIpc) is 3.18. The van der Waals surface area contributed by atoms with Crippen molar-refractivity contribution in [3.63, 3.8) is 0 Å². The minimum absolute atomic E-state index is 0.0725. The van der Waals surface area contributed by atoms with Crippen LogP contribution in [0, 0.1) is 0 Å². The number of nitrogens with one attached hydrogen (secondary N) is 1. The van der Waals surface area contributed by atoms with Crippen molar-refractivity contribution in [2.24, 2.45) is 0 Å². The Morgan fingerprint density at radius 3 is 2.36 bits per heavy atom. The molecule has 3 rings (SSSR count). The third-order valence-electron chi connectivity index (χ3n) is 4.93. The molecule has 1 atom stereocenters. The van der Waals surface area contributed by atoms with Crippen molar-refractivity contribution in [1.82, 2.24) is 0 Å². The fraction of sp³-hybridized carbons (Fsp3) is 0.409. The summed E-state index contributed by atoms with van der Waals surface area (Å²) in [6.07, 6.45) is 3.53. The van der Waals surface area contributed by atoms with E-state index in [1.165, 1.54) is 25.9 Å². The van der Waals surface area contributed by atoms with Gasteiger partial charge in [0.25, 0.3) is 0 Å². The van der Waals surface area contributed by atoms with Gasteiger partial charge in [0.05, 0.1) is 32.2 Å². The van der Waals surface area contributed by atoms with Crippen molar-refractivity contribution in [3.8, 4) is 5.75 Å². The van der Waals surface area contributed by atoms with E-state index in [0.29, 0.717) is 6.61 Å². The maximum atomic E-state index is 13.2. The van der Waals surface area contributed by atoms with Crippen molar-refractivity contribution in [1.29, 1.82) is 0 Å². The lowest BCUT2D eigenvalue weighted by Gasteiger charge is -2.21. The lowest BCUT2D eigenvalue weighted by molar-refractivity contribution is -0.887. The molecule has 1 fully saturated rings. The fourth-order valence-electron chi connectivity index (χ4n) is 3.55. The normalized spacial score (nSPS) is 15.9. The Morgan fingerprint density at radius 2 is 1.72 bits per heavy atom. The molecular weight excluding hydrogens is 310 g/mol. The van der Waals surface area contributed by atoms with Gasteiger partial charge in [-0.3, -0.25) is 4.79 Å². The van der Waals surface area contributed by atoms with E-state index in [-0.39, 0.29) is 11.7 Å². The molecule has 132 valence electrons. The lowest BCUT2D eigenvalue weighted by Crippen LogP contribution is -3.10. The third kappa shape index (κ3) is 4.70. The van der Waals surface area contributed by atoms with Gasteiger partial charge < -0.3 is 9.64 Å². The van der Waals surface area contributed by atoms with Crippen LogP contribution in [0.4, 0.5) is 0 Å². The van der Waals surface area contributed by atoms with Crippen LogP contribution in [-0.2, 0) is 0 Å². The minimum Gasteiger partial charge on any atom is -0.494 e. The van der Waals surface area contributed by atoms with Gasteiger partial charge in [-0.25, -0.2) is 0 Å². The quantitative estimate of drug-likeness (QED) is 0.750. The lowest BCUT2D eigenvalue weighted by atomic mass is 9.90. The molecular formula is C22H28NO2+. The smallest absolute Gasteiger partial charge is 0.175 e. The number of hydrogen-bond donors (Lipinski definition) is 1. The monoisotopic (exact) mass is 338 g/mol. The van der Waals surface area contributed by atoms with Crippen LogP contribution in [0.3, 0.4) is 0 Å². The molecule has 3 nitrogen and oxygen atoms in total. The van der Waals surface area contributed by atoms with Gasteiger partial charge in [0.1, 0.15) is 5.75 Å². The average molecular weight is 338 g/mol. The van der Waals surface area contributed by atoms with E-state index >= 15 is 0 Å². The van der Waals surface area contributed by atoms with Crippen LogP contribution in [0.2, 0.25) is 0 Å². The van der Waals surface area contributed by atoms with Gasteiger partial charge in [-0.15, -0.1) is 0 Å². The summed E-state index contributed by atoms with van der Waals surface area (Å²) in [5, 5.41) is 0. The Bertz CT molecular complexity index is 660. The van der Waals surface area contributed by atoms with Crippen molar-refractivity contribution in [2.45, 2.75) is 32.1 Å². The van der Waals surface area contributed by atoms with Crippen molar-refractivity contribution >= 4 is 5.78 Å². The number of quaternary nitrogens is 1. The molecule has 1 heterocycles. The zero-order valence-electron chi connectivity index (χ0n) is 15.0. The Labute approximate surface area is 150 Å². The summed E-state index contributed by atoms with van der Waals surface area (Å²) in [7, 11) is 0. The first kappa shape index (κ1) is 17.7. The van der Waals surface area contributed by atoms with Gasteiger partial charge in [-0.05, 0) is 36.2 Å². The second kappa shape index (κ2) is 8.82. The zero-order valence-corrected chi connectivity index (χ0v) is 15.0. The highest BCUT2D eigenvalue weighted by molar-refractivity contribution is 6.01. The van der Waals surface area contributed by atoms with E-state index in [9.17, 15) is 4.79 Å². The standard InChI is InChI=1S/C22H27NO2/c1-2-16-25-20-12-10-19(11-13-20)22(24)21(17-23-14-6-7-15-23)18-8-4-3-5-9-18/h3-5,8-13,21H,2,6-7,14-17H2,1H3/p+1. The van der Waals surface area contributed by atoms with Gasteiger partial charge in [-0.2, -0.15) is 0 Å². The van der Waals surface area contributed by atoms with Crippen molar-refractivity contribution in [3.05, 3.63) is 65.7 Å². The summed E-state index contributed by atoms with van der Waals surface area (Å²) in [6.45, 7) is 6.04. The second-order valence-electron chi connectivity index (χ2n) is 6.86. The number of rotatable bonds is 8. The number of benzene rings is 2. The number of ether oxygens (including phenoxy) is 1. The van der Waals surface area contributed by atoms with Gasteiger partial charge in [-0.1, -0.05) is 37.3 Å². The van der Waals surface area contributed by atoms with Crippen molar-refractivity contribution in [2.75, 3.05) is 26.2 Å². The number of carbonyl (C=O) groups is 1. The molecule has 1 N–H and O–H groups in total. The Hall–Kier alpha value is -2.13.